The van der Waals surface area contributed by atoms with Gasteiger partial charge in [-0.3, -0.25) is 0 Å². The van der Waals surface area contributed by atoms with Gasteiger partial charge in [-0.05, 0) is 49.1 Å². The highest BCUT2D eigenvalue weighted by molar-refractivity contribution is 7.21. The first-order chi connectivity index (χ1) is 12.8. The van der Waals surface area contributed by atoms with Gasteiger partial charge in [0.2, 0.25) is 0 Å². The van der Waals surface area contributed by atoms with Gasteiger partial charge in [0, 0.05) is 42.8 Å². The van der Waals surface area contributed by atoms with E-state index < -0.39 is 0 Å². The summed E-state index contributed by atoms with van der Waals surface area (Å²) in [5.74, 6) is 1.06. The van der Waals surface area contributed by atoms with Crippen molar-refractivity contribution in [3.63, 3.8) is 0 Å². The normalized spacial score (nSPS) is 15.4. The van der Waals surface area contributed by atoms with Gasteiger partial charge in [0.15, 0.2) is 0 Å². The molecule has 0 aliphatic carbocycles. The zero-order valence-corrected chi connectivity index (χ0v) is 15.3. The Morgan fingerprint density at radius 1 is 1.15 bits per heavy atom. The lowest BCUT2D eigenvalue weighted by Gasteiger charge is -2.27. The number of nitrogens with two attached hydrogens (primary N) is 1. The lowest BCUT2D eigenvalue weighted by Crippen LogP contribution is -2.29. The number of benzene rings is 1. The minimum atomic E-state index is 0.703. The third-order valence-electron chi connectivity index (χ3n) is 4.73. The first-order valence-corrected chi connectivity index (χ1v) is 9.65. The summed E-state index contributed by atoms with van der Waals surface area (Å²) in [6, 6.07) is 10.2. The molecule has 3 heterocycles. The minimum absolute atomic E-state index is 0.703. The number of nitrogens with one attached hydrogen (secondary N) is 1. The maximum absolute atomic E-state index is 7.45. The van der Waals surface area contributed by atoms with Crippen LogP contribution in [-0.2, 0) is 0 Å². The van der Waals surface area contributed by atoms with Crippen LogP contribution >= 0.6 is 11.3 Å². The molecule has 0 saturated carbocycles. The zero-order chi connectivity index (χ0) is 17.9. The molecule has 0 atom stereocenters. The highest BCUT2D eigenvalue weighted by Gasteiger charge is 2.13. The summed E-state index contributed by atoms with van der Waals surface area (Å²) in [6.07, 6.45) is 8.47. The molecule has 4 rings (SSSR count). The fraction of sp³-hybridized carbons (Fsp3) is 0.250. The lowest BCUT2D eigenvalue weighted by atomic mass is 10.1. The molecule has 0 bridgehead atoms. The van der Waals surface area contributed by atoms with Crippen LogP contribution in [0.2, 0.25) is 0 Å². The largest absolute Gasteiger partial charge is 0.404 e. The predicted octanol–water partition coefficient (Wildman–Crippen LogP) is 4.30. The Kier molecular flexibility index (Phi) is 4.67. The maximum Gasteiger partial charge on any atom is 0.128 e. The van der Waals surface area contributed by atoms with E-state index in [-0.39, 0.29) is 0 Å². The molecule has 3 N–H and O–H groups in total. The molecule has 1 aromatic carbocycles. The molecule has 0 radical (unpaired) electrons. The van der Waals surface area contributed by atoms with Crippen molar-refractivity contribution in [2.24, 2.45) is 5.73 Å². The molecule has 1 fully saturated rings. The van der Waals surface area contributed by atoms with E-state index in [1.807, 2.05) is 24.4 Å². The quantitative estimate of drug-likeness (QED) is 0.678. The topological polar surface area (TPSA) is 78.9 Å². The van der Waals surface area contributed by atoms with Crippen molar-refractivity contribution in [1.29, 1.82) is 5.41 Å². The van der Waals surface area contributed by atoms with E-state index in [9.17, 15) is 0 Å². The molecule has 0 unspecified atom stereocenters. The van der Waals surface area contributed by atoms with Crippen molar-refractivity contribution < 1.29 is 0 Å². The number of pyridine rings is 1. The van der Waals surface area contributed by atoms with E-state index in [2.05, 4.69) is 22.0 Å². The van der Waals surface area contributed by atoms with Gasteiger partial charge in [0.05, 0.1) is 10.2 Å². The Balaban J connectivity index is 1.63. The SMILES string of the molecule is N=CC(=CN)c1ccc2nc(-c3ccc(N4CCCCC4)nc3)sc2c1. The third kappa shape index (κ3) is 3.20. The first-order valence-electron chi connectivity index (χ1n) is 8.83. The molecule has 26 heavy (non-hydrogen) atoms. The molecule has 6 heteroatoms. The number of anilines is 1. The van der Waals surface area contributed by atoms with E-state index in [1.165, 1.54) is 31.7 Å². The molecule has 0 spiro atoms. The molecule has 5 nitrogen and oxygen atoms in total. The van der Waals surface area contributed by atoms with Crippen molar-refractivity contribution in [2.75, 3.05) is 18.0 Å². The van der Waals surface area contributed by atoms with Crippen LogP contribution in [-0.4, -0.2) is 29.3 Å². The number of thiazole rings is 1. The van der Waals surface area contributed by atoms with Gasteiger partial charge in [-0.25, -0.2) is 9.97 Å². The highest BCUT2D eigenvalue weighted by atomic mass is 32.1. The molecule has 2 aromatic heterocycles. The van der Waals surface area contributed by atoms with Crippen molar-refractivity contribution in [1.82, 2.24) is 9.97 Å². The molecule has 3 aromatic rings. The van der Waals surface area contributed by atoms with Gasteiger partial charge in [-0.2, -0.15) is 0 Å². The average Bonchev–Trinajstić information content (AvgIpc) is 3.13. The summed E-state index contributed by atoms with van der Waals surface area (Å²) in [4.78, 5) is 11.7. The second kappa shape index (κ2) is 7.25. The Morgan fingerprint density at radius 2 is 2.00 bits per heavy atom. The fourth-order valence-corrected chi connectivity index (χ4v) is 4.27. The van der Waals surface area contributed by atoms with Crippen molar-refractivity contribution in [3.8, 4) is 10.6 Å². The van der Waals surface area contributed by atoms with Gasteiger partial charge in [0.1, 0.15) is 10.8 Å². The number of piperidine rings is 1. The van der Waals surface area contributed by atoms with Crippen LogP contribution in [0, 0.1) is 5.41 Å². The second-order valence-electron chi connectivity index (χ2n) is 6.42. The molecule has 1 saturated heterocycles. The molecule has 132 valence electrons. The molecule has 1 aliphatic rings. The Bertz CT molecular complexity index is 952. The van der Waals surface area contributed by atoms with Crippen LogP contribution in [0.5, 0.6) is 0 Å². The van der Waals surface area contributed by atoms with Crippen molar-refractivity contribution >= 4 is 39.2 Å². The van der Waals surface area contributed by atoms with E-state index in [1.54, 1.807) is 11.3 Å². The maximum atomic E-state index is 7.45. The number of allylic oxidation sites excluding steroid dienone is 1. The standard InChI is InChI=1S/C20H21N5S/c21-11-16(12-22)14-4-6-17-18(10-14)26-20(24-17)15-5-7-19(23-13-15)25-8-2-1-3-9-25/h4-7,10-13,21H,1-3,8-9,22H2. The number of fused-ring (bicyclic) bond motifs is 1. The average molecular weight is 363 g/mol. The zero-order valence-electron chi connectivity index (χ0n) is 14.5. The molecular formula is C20H21N5S. The summed E-state index contributed by atoms with van der Waals surface area (Å²) in [6.45, 7) is 2.19. The monoisotopic (exact) mass is 363 g/mol. The van der Waals surface area contributed by atoms with Crippen LogP contribution in [0.25, 0.3) is 26.4 Å². The summed E-state index contributed by atoms with van der Waals surface area (Å²) in [5.41, 5.74) is 9.22. The third-order valence-corrected chi connectivity index (χ3v) is 5.80. The van der Waals surface area contributed by atoms with Crippen LogP contribution in [0.4, 0.5) is 5.82 Å². The van der Waals surface area contributed by atoms with Crippen molar-refractivity contribution in [2.45, 2.75) is 19.3 Å². The van der Waals surface area contributed by atoms with E-state index in [4.69, 9.17) is 16.1 Å². The van der Waals surface area contributed by atoms with Crippen LogP contribution < -0.4 is 10.6 Å². The summed E-state index contributed by atoms with van der Waals surface area (Å²) >= 11 is 1.64. The van der Waals surface area contributed by atoms with Crippen LogP contribution in [0.15, 0.2) is 42.7 Å². The smallest absolute Gasteiger partial charge is 0.128 e. The van der Waals surface area contributed by atoms with Gasteiger partial charge >= 0.3 is 0 Å². The molecule has 0 amide bonds. The van der Waals surface area contributed by atoms with Gasteiger partial charge in [-0.1, -0.05) is 6.07 Å². The van der Waals surface area contributed by atoms with E-state index in [0.29, 0.717) is 5.57 Å². The minimum Gasteiger partial charge on any atom is -0.404 e. The number of rotatable bonds is 4. The predicted molar refractivity (Wildman–Crippen MR) is 110 cm³/mol. The molecule has 1 aliphatic heterocycles. The van der Waals surface area contributed by atoms with Gasteiger partial charge in [-0.15, -0.1) is 11.3 Å². The Labute approximate surface area is 156 Å². The van der Waals surface area contributed by atoms with Crippen LogP contribution in [0.3, 0.4) is 0 Å². The Hall–Kier alpha value is -2.73. The first kappa shape index (κ1) is 16.7. The van der Waals surface area contributed by atoms with E-state index in [0.717, 1.165) is 45.3 Å². The van der Waals surface area contributed by atoms with E-state index >= 15 is 0 Å². The summed E-state index contributed by atoms with van der Waals surface area (Å²) in [5, 5.41) is 8.41. The van der Waals surface area contributed by atoms with Crippen LogP contribution in [0.1, 0.15) is 24.8 Å². The fourth-order valence-electron chi connectivity index (χ4n) is 3.28. The Morgan fingerprint density at radius 3 is 2.69 bits per heavy atom. The number of nitrogens with zero attached hydrogens (tertiary/aromatic N) is 3. The van der Waals surface area contributed by atoms with Gasteiger partial charge < -0.3 is 16.0 Å². The summed E-state index contributed by atoms with van der Waals surface area (Å²) in [7, 11) is 0. The van der Waals surface area contributed by atoms with Crippen molar-refractivity contribution in [3.05, 3.63) is 48.3 Å². The number of aromatic nitrogens is 2. The van der Waals surface area contributed by atoms with Gasteiger partial charge in [0.25, 0.3) is 0 Å². The summed E-state index contributed by atoms with van der Waals surface area (Å²) < 4.78 is 1.08. The highest BCUT2D eigenvalue weighted by Crippen LogP contribution is 2.32. The lowest BCUT2D eigenvalue weighted by molar-refractivity contribution is 0.573. The number of hydrogen-bond acceptors (Lipinski definition) is 6. The number of hydrogen-bond donors (Lipinski definition) is 2. The molecular weight excluding hydrogens is 342 g/mol. The second-order valence-corrected chi connectivity index (χ2v) is 7.45.